The van der Waals surface area contributed by atoms with Crippen molar-refractivity contribution in [2.24, 2.45) is 0 Å². The first-order chi connectivity index (χ1) is 14.4. The SMILES string of the molecule is CC(C)(C)[Si](C)(C)OCCCCCO[Si](c1ccccc1)(c1ccccc1)C(C)(C)C. The van der Waals surface area contributed by atoms with Crippen molar-refractivity contribution in [3.63, 3.8) is 0 Å². The number of unbranched alkanes of at least 4 members (excludes halogenated alkanes) is 2. The van der Waals surface area contributed by atoms with Crippen LogP contribution in [0.25, 0.3) is 0 Å². The Hall–Kier alpha value is -1.21. The van der Waals surface area contributed by atoms with E-state index in [0.29, 0.717) is 0 Å². The van der Waals surface area contributed by atoms with E-state index in [1.807, 2.05) is 0 Å². The minimum absolute atomic E-state index is 0.0428. The van der Waals surface area contributed by atoms with Crippen molar-refractivity contribution in [3.8, 4) is 0 Å². The summed E-state index contributed by atoms with van der Waals surface area (Å²) >= 11 is 0. The van der Waals surface area contributed by atoms with Gasteiger partial charge in [-0.25, -0.2) is 0 Å². The molecule has 0 aliphatic heterocycles. The molecule has 2 aromatic carbocycles. The van der Waals surface area contributed by atoms with E-state index >= 15 is 0 Å². The van der Waals surface area contributed by atoms with Crippen LogP contribution in [0.3, 0.4) is 0 Å². The van der Waals surface area contributed by atoms with Crippen LogP contribution < -0.4 is 10.4 Å². The first-order valence-corrected chi connectivity index (χ1v) is 16.6. The quantitative estimate of drug-likeness (QED) is 0.290. The first-order valence-electron chi connectivity index (χ1n) is 11.8. The predicted octanol–water partition coefficient (Wildman–Crippen LogP) is 6.76. The largest absolute Gasteiger partial charge is 0.417 e. The topological polar surface area (TPSA) is 18.5 Å². The molecule has 0 amide bonds. The molecular formula is C27H44O2Si2. The summed E-state index contributed by atoms with van der Waals surface area (Å²) in [6.45, 7) is 20.3. The predicted molar refractivity (Wildman–Crippen MR) is 141 cm³/mol. The maximum absolute atomic E-state index is 6.97. The van der Waals surface area contributed by atoms with E-state index in [0.717, 1.165) is 32.5 Å². The number of benzene rings is 2. The Morgan fingerprint density at radius 3 is 1.39 bits per heavy atom. The van der Waals surface area contributed by atoms with Crippen molar-refractivity contribution >= 4 is 27.0 Å². The van der Waals surface area contributed by atoms with Gasteiger partial charge in [-0.2, -0.15) is 0 Å². The molecule has 2 rings (SSSR count). The van der Waals surface area contributed by atoms with Gasteiger partial charge < -0.3 is 8.85 Å². The Morgan fingerprint density at radius 2 is 1.00 bits per heavy atom. The fraction of sp³-hybridized carbons (Fsp3) is 0.556. The minimum atomic E-state index is -2.40. The zero-order chi connectivity index (χ0) is 23.2. The summed E-state index contributed by atoms with van der Waals surface area (Å²) in [6, 6.07) is 21.8. The Kier molecular flexibility index (Phi) is 8.91. The van der Waals surface area contributed by atoms with Crippen LogP contribution >= 0.6 is 0 Å². The molecular weight excluding hydrogens is 412 g/mol. The molecule has 0 spiro atoms. The van der Waals surface area contributed by atoms with Crippen LogP contribution in [0.15, 0.2) is 60.7 Å². The summed E-state index contributed by atoms with van der Waals surface area (Å²) in [6.07, 6.45) is 3.33. The Morgan fingerprint density at radius 1 is 0.581 bits per heavy atom. The lowest BCUT2D eigenvalue weighted by Crippen LogP contribution is -2.66. The molecule has 2 aromatic rings. The van der Waals surface area contributed by atoms with Gasteiger partial charge >= 0.3 is 0 Å². The molecule has 4 heteroatoms. The smallest absolute Gasteiger partial charge is 0.261 e. The van der Waals surface area contributed by atoms with E-state index in [4.69, 9.17) is 8.85 Å². The molecule has 0 heterocycles. The van der Waals surface area contributed by atoms with Crippen molar-refractivity contribution < 1.29 is 8.85 Å². The van der Waals surface area contributed by atoms with Gasteiger partial charge in [0.05, 0.1) is 0 Å². The summed E-state index contributed by atoms with van der Waals surface area (Å²) < 4.78 is 13.3. The van der Waals surface area contributed by atoms with Crippen molar-refractivity contribution in [3.05, 3.63) is 60.7 Å². The Bertz CT molecular complexity index is 735. The normalized spacial score (nSPS) is 13.4. The number of rotatable bonds is 10. The van der Waals surface area contributed by atoms with Gasteiger partial charge in [0.25, 0.3) is 8.32 Å². The molecule has 0 aliphatic carbocycles. The number of hydrogen-bond donors (Lipinski definition) is 0. The molecule has 0 aromatic heterocycles. The van der Waals surface area contributed by atoms with Crippen LogP contribution in [0.2, 0.25) is 23.2 Å². The van der Waals surface area contributed by atoms with Gasteiger partial charge in [0, 0.05) is 13.2 Å². The molecule has 0 N–H and O–H groups in total. The van der Waals surface area contributed by atoms with Crippen molar-refractivity contribution in [2.75, 3.05) is 13.2 Å². The molecule has 0 saturated heterocycles. The van der Waals surface area contributed by atoms with Crippen LogP contribution in [-0.2, 0) is 8.85 Å². The maximum atomic E-state index is 6.97. The molecule has 0 bridgehead atoms. The molecule has 0 aliphatic rings. The van der Waals surface area contributed by atoms with Crippen LogP contribution in [0.4, 0.5) is 0 Å². The molecule has 0 atom stereocenters. The summed E-state index contributed by atoms with van der Waals surface area (Å²) in [5.74, 6) is 0. The van der Waals surface area contributed by atoms with Gasteiger partial charge in [0.15, 0.2) is 8.32 Å². The molecule has 0 unspecified atom stereocenters. The third-order valence-corrected chi connectivity index (χ3v) is 16.4. The van der Waals surface area contributed by atoms with Gasteiger partial charge in [0.2, 0.25) is 0 Å². The van der Waals surface area contributed by atoms with Gasteiger partial charge in [-0.1, -0.05) is 102 Å². The van der Waals surface area contributed by atoms with E-state index in [1.165, 1.54) is 10.4 Å². The van der Waals surface area contributed by atoms with Crippen molar-refractivity contribution in [1.82, 2.24) is 0 Å². The average molecular weight is 457 g/mol. The lowest BCUT2D eigenvalue weighted by atomic mass is 10.2. The zero-order valence-electron chi connectivity index (χ0n) is 21.1. The number of hydrogen-bond acceptors (Lipinski definition) is 2. The highest BCUT2D eigenvalue weighted by molar-refractivity contribution is 6.99. The van der Waals surface area contributed by atoms with Gasteiger partial charge in [-0.15, -0.1) is 0 Å². The summed E-state index contributed by atoms with van der Waals surface area (Å²) in [4.78, 5) is 0. The highest BCUT2D eigenvalue weighted by Crippen LogP contribution is 2.37. The van der Waals surface area contributed by atoms with Gasteiger partial charge in [-0.05, 0) is 52.8 Å². The second-order valence-corrected chi connectivity index (χ2v) is 20.3. The summed E-state index contributed by atoms with van der Waals surface area (Å²) in [7, 11) is -4.04. The molecule has 0 fully saturated rings. The average Bonchev–Trinajstić information content (AvgIpc) is 2.69. The highest BCUT2D eigenvalue weighted by Gasteiger charge is 2.49. The zero-order valence-corrected chi connectivity index (χ0v) is 23.1. The third kappa shape index (κ3) is 6.41. The summed E-state index contributed by atoms with van der Waals surface area (Å²) in [5.41, 5.74) is 0. The lowest BCUT2D eigenvalue weighted by Gasteiger charge is -2.43. The molecule has 0 radical (unpaired) electrons. The van der Waals surface area contributed by atoms with Crippen molar-refractivity contribution in [2.45, 2.75) is 84.0 Å². The maximum Gasteiger partial charge on any atom is 0.261 e. The fourth-order valence-electron chi connectivity index (χ4n) is 3.91. The second-order valence-electron chi connectivity index (χ2n) is 11.2. The van der Waals surface area contributed by atoms with Crippen LogP contribution in [0, 0.1) is 0 Å². The van der Waals surface area contributed by atoms with E-state index < -0.39 is 16.6 Å². The van der Waals surface area contributed by atoms with Crippen LogP contribution in [-0.4, -0.2) is 29.8 Å². The molecule has 2 nitrogen and oxygen atoms in total. The Labute approximate surface area is 193 Å². The van der Waals surface area contributed by atoms with Crippen LogP contribution in [0.5, 0.6) is 0 Å². The Balaban J connectivity index is 2.05. The summed E-state index contributed by atoms with van der Waals surface area (Å²) in [5, 5.41) is 3.03. The third-order valence-electron chi connectivity index (χ3n) is 6.79. The van der Waals surface area contributed by atoms with E-state index in [9.17, 15) is 0 Å². The molecule has 172 valence electrons. The molecule has 0 saturated carbocycles. The minimum Gasteiger partial charge on any atom is -0.417 e. The first kappa shape index (κ1) is 26.0. The highest BCUT2D eigenvalue weighted by atomic mass is 28.4. The fourth-order valence-corrected chi connectivity index (χ4v) is 9.61. The molecule has 31 heavy (non-hydrogen) atoms. The van der Waals surface area contributed by atoms with Crippen molar-refractivity contribution in [1.29, 1.82) is 0 Å². The standard InChI is InChI=1S/C27H44O2Si2/c1-26(2,3)30(7,8)28-22-16-11-17-23-29-31(27(4,5)6,24-18-12-9-13-19-24)25-20-14-10-15-21-25/h9-10,12-15,18-21H,11,16-17,22-23H2,1-8H3. The monoisotopic (exact) mass is 456 g/mol. The van der Waals surface area contributed by atoms with Crippen LogP contribution in [0.1, 0.15) is 60.8 Å². The van der Waals surface area contributed by atoms with E-state index in [-0.39, 0.29) is 10.1 Å². The van der Waals surface area contributed by atoms with Gasteiger partial charge in [0.1, 0.15) is 0 Å². The van der Waals surface area contributed by atoms with Gasteiger partial charge in [-0.3, -0.25) is 0 Å². The second kappa shape index (κ2) is 10.6. The van der Waals surface area contributed by atoms with E-state index in [2.05, 4.69) is 115 Å². The lowest BCUT2D eigenvalue weighted by molar-refractivity contribution is 0.258. The van der Waals surface area contributed by atoms with E-state index in [1.54, 1.807) is 0 Å².